The van der Waals surface area contributed by atoms with Crippen LogP contribution in [0.4, 0.5) is 0 Å². The van der Waals surface area contributed by atoms with Gasteiger partial charge >= 0.3 is 5.97 Å². The van der Waals surface area contributed by atoms with Crippen molar-refractivity contribution in [1.29, 1.82) is 0 Å². The Balaban J connectivity index is 3.03. The second-order valence-corrected chi connectivity index (χ2v) is 5.93. The monoisotopic (exact) mass is 277 g/mol. The summed E-state index contributed by atoms with van der Waals surface area (Å²) in [6.07, 6.45) is 0.356. The van der Waals surface area contributed by atoms with Crippen molar-refractivity contribution in [2.24, 2.45) is 0 Å². The summed E-state index contributed by atoms with van der Waals surface area (Å²) in [5.74, 6) is 0.358. The Labute approximate surface area is 122 Å². The van der Waals surface area contributed by atoms with E-state index in [4.69, 9.17) is 4.74 Å². The zero-order valence-corrected chi connectivity index (χ0v) is 13.6. The molecule has 0 fully saturated rings. The summed E-state index contributed by atoms with van der Waals surface area (Å²) in [5, 5.41) is 0. The number of hydrogen-bond acceptors (Lipinski definition) is 3. The van der Waals surface area contributed by atoms with Crippen LogP contribution < -0.4 is 0 Å². The fourth-order valence-corrected chi connectivity index (χ4v) is 2.24. The van der Waals surface area contributed by atoms with Crippen molar-refractivity contribution < 1.29 is 9.53 Å². The van der Waals surface area contributed by atoms with Crippen LogP contribution in [0.25, 0.3) is 0 Å². The maximum absolute atomic E-state index is 11.9. The summed E-state index contributed by atoms with van der Waals surface area (Å²) >= 11 is 0. The zero-order chi connectivity index (χ0) is 15.3. The van der Waals surface area contributed by atoms with Crippen molar-refractivity contribution >= 4 is 5.97 Å². The summed E-state index contributed by atoms with van der Waals surface area (Å²) in [6.45, 7) is 8.70. The lowest BCUT2D eigenvalue weighted by Gasteiger charge is -2.36. The molecule has 3 heteroatoms. The fraction of sp³-hybridized carbons (Fsp3) is 0.588. The van der Waals surface area contributed by atoms with E-state index < -0.39 is 0 Å². The lowest BCUT2D eigenvalue weighted by molar-refractivity contribution is -0.146. The van der Waals surface area contributed by atoms with Gasteiger partial charge in [0.15, 0.2) is 0 Å². The molecule has 0 aromatic heterocycles. The first-order chi connectivity index (χ1) is 9.31. The van der Waals surface area contributed by atoms with E-state index in [2.05, 4.69) is 49.9 Å². The van der Waals surface area contributed by atoms with Crippen LogP contribution in [-0.4, -0.2) is 31.6 Å². The van der Waals surface area contributed by atoms with Crippen LogP contribution in [0.3, 0.4) is 0 Å². The van der Waals surface area contributed by atoms with Gasteiger partial charge in [-0.15, -0.1) is 0 Å². The Morgan fingerprint density at radius 3 is 2.20 bits per heavy atom. The third kappa shape index (κ3) is 3.83. The van der Waals surface area contributed by atoms with Crippen LogP contribution in [0, 0.1) is 0 Å². The van der Waals surface area contributed by atoms with Crippen molar-refractivity contribution in [2.45, 2.75) is 45.6 Å². The molecule has 1 unspecified atom stereocenters. The van der Waals surface area contributed by atoms with Gasteiger partial charge in [0, 0.05) is 0 Å². The maximum atomic E-state index is 11.9. The number of esters is 1. The smallest absolute Gasteiger partial charge is 0.307 e. The molecule has 20 heavy (non-hydrogen) atoms. The number of nitrogens with zero attached hydrogens (tertiary/aromatic N) is 1. The Morgan fingerprint density at radius 1 is 1.25 bits per heavy atom. The number of ether oxygens (including phenoxy) is 1. The highest BCUT2D eigenvalue weighted by molar-refractivity contribution is 5.71. The second kappa shape index (κ2) is 6.89. The van der Waals surface area contributed by atoms with E-state index in [1.165, 1.54) is 5.56 Å². The zero-order valence-electron chi connectivity index (χ0n) is 13.6. The third-order valence-electron chi connectivity index (χ3n) is 3.98. The van der Waals surface area contributed by atoms with Gasteiger partial charge in [0.25, 0.3) is 0 Å². The molecule has 1 atom stereocenters. The number of benzene rings is 1. The molecule has 1 aromatic rings. The second-order valence-electron chi connectivity index (χ2n) is 5.93. The molecule has 112 valence electrons. The van der Waals surface area contributed by atoms with Crippen molar-refractivity contribution in [1.82, 2.24) is 4.90 Å². The number of carbonyl (C=O) groups is 1. The molecule has 1 aromatic carbocycles. The molecule has 0 aliphatic rings. The number of hydrogen-bond donors (Lipinski definition) is 0. The minimum atomic E-state index is -0.345. The first kappa shape index (κ1) is 16.7. The summed E-state index contributed by atoms with van der Waals surface area (Å²) in [5.41, 5.74) is 2.10. The molecule has 0 bridgehead atoms. The van der Waals surface area contributed by atoms with Crippen LogP contribution in [-0.2, 0) is 15.1 Å². The molecule has 0 amide bonds. The van der Waals surface area contributed by atoms with Crippen LogP contribution in [0.5, 0.6) is 0 Å². The Bertz CT molecular complexity index is 437. The van der Waals surface area contributed by atoms with E-state index in [0.717, 1.165) is 5.56 Å². The van der Waals surface area contributed by atoms with Crippen molar-refractivity contribution in [3.05, 3.63) is 35.4 Å². The van der Waals surface area contributed by atoms with E-state index in [1.54, 1.807) is 0 Å². The number of carbonyl (C=O) groups excluding carboxylic acids is 1. The molecule has 1 rings (SSSR count). The molecule has 0 spiro atoms. The van der Waals surface area contributed by atoms with Gasteiger partial charge in [-0.3, -0.25) is 9.69 Å². The van der Waals surface area contributed by atoms with Crippen molar-refractivity contribution in [3.8, 4) is 0 Å². The van der Waals surface area contributed by atoms with Gasteiger partial charge in [-0.2, -0.15) is 0 Å². The van der Waals surface area contributed by atoms with Gasteiger partial charge in [-0.1, -0.05) is 38.1 Å². The minimum absolute atomic E-state index is 0.156. The SMILES string of the molecule is CCOC(=O)CC(C)(c1ccc(C(C)C)cc1)N(C)C. The van der Waals surface area contributed by atoms with E-state index in [9.17, 15) is 4.79 Å². The highest BCUT2D eigenvalue weighted by Gasteiger charge is 2.32. The average molecular weight is 277 g/mol. The summed E-state index contributed by atoms with van der Waals surface area (Å²) in [7, 11) is 3.99. The Kier molecular flexibility index (Phi) is 5.75. The Hall–Kier alpha value is -1.35. The largest absolute Gasteiger partial charge is 0.466 e. The van der Waals surface area contributed by atoms with E-state index in [1.807, 2.05) is 21.0 Å². The third-order valence-corrected chi connectivity index (χ3v) is 3.98. The molecular formula is C17H27NO2. The van der Waals surface area contributed by atoms with Crippen LogP contribution >= 0.6 is 0 Å². The summed E-state index contributed by atoms with van der Waals surface area (Å²) in [6, 6.07) is 8.53. The fourth-order valence-electron chi connectivity index (χ4n) is 2.24. The molecule has 0 heterocycles. The normalized spacial score (nSPS) is 14.4. The molecule has 0 N–H and O–H groups in total. The van der Waals surface area contributed by atoms with Crippen LogP contribution in [0.15, 0.2) is 24.3 Å². The highest BCUT2D eigenvalue weighted by atomic mass is 16.5. The van der Waals surface area contributed by atoms with Crippen molar-refractivity contribution in [2.75, 3.05) is 20.7 Å². The van der Waals surface area contributed by atoms with Gasteiger partial charge in [-0.05, 0) is 45.0 Å². The molecule has 0 saturated heterocycles. The summed E-state index contributed by atoms with van der Waals surface area (Å²) < 4.78 is 5.11. The highest BCUT2D eigenvalue weighted by Crippen LogP contribution is 2.31. The molecule has 3 nitrogen and oxygen atoms in total. The first-order valence-electron chi connectivity index (χ1n) is 7.24. The van der Waals surface area contributed by atoms with Gasteiger partial charge in [0.2, 0.25) is 0 Å². The van der Waals surface area contributed by atoms with Gasteiger partial charge in [0.05, 0.1) is 18.6 Å². The number of rotatable bonds is 6. The van der Waals surface area contributed by atoms with E-state index in [0.29, 0.717) is 18.9 Å². The maximum Gasteiger partial charge on any atom is 0.307 e. The van der Waals surface area contributed by atoms with Crippen molar-refractivity contribution in [3.63, 3.8) is 0 Å². The molecule has 0 aliphatic carbocycles. The lowest BCUT2D eigenvalue weighted by Crippen LogP contribution is -2.40. The molecule has 0 radical (unpaired) electrons. The standard InChI is InChI=1S/C17H27NO2/c1-7-20-16(19)12-17(4,18(5)6)15-10-8-14(9-11-15)13(2)3/h8-11,13H,7,12H2,1-6H3. The van der Waals surface area contributed by atoms with Crippen LogP contribution in [0.2, 0.25) is 0 Å². The van der Waals surface area contributed by atoms with Gasteiger partial charge < -0.3 is 4.74 Å². The summed E-state index contributed by atoms with van der Waals surface area (Å²) in [4.78, 5) is 13.9. The average Bonchev–Trinajstić information content (AvgIpc) is 2.38. The quantitative estimate of drug-likeness (QED) is 0.745. The molecular weight excluding hydrogens is 250 g/mol. The Morgan fingerprint density at radius 2 is 1.80 bits per heavy atom. The minimum Gasteiger partial charge on any atom is -0.466 e. The molecule has 0 saturated carbocycles. The first-order valence-corrected chi connectivity index (χ1v) is 7.24. The van der Waals surface area contributed by atoms with Gasteiger partial charge in [-0.25, -0.2) is 0 Å². The van der Waals surface area contributed by atoms with Crippen LogP contribution in [0.1, 0.15) is 51.2 Å². The molecule has 0 aliphatic heterocycles. The van der Waals surface area contributed by atoms with E-state index in [-0.39, 0.29) is 11.5 Å². The lowest BCUT2D eigenvalue weighted by atomic mass is 9.86. The topological polar surface area (TPSA) is 29.5 Å². The predicted molar refractivity (Wildman–Crippen MR) is 82.8 cm³/mol. The predicted octanol–water partition coefficient (Wildman–Crippen LogP) is 3.54. The van der Waals surface area contributed by atoms with E-state index >= 15 is 0 Å². The van der Waals surface area contributed by atoms with Gasteiger partial charge in [0.1, 0.15) is 0 Å².